The first-order valence-corrected chi connectivity index (χ1v) is 7.36. The third kappa shape index (κ3) is 3.50. The van der Waals surface area contributed by atoms with Gasteiger partial charge in [0.2, 0.25) is 0 Å². The maximum absolute atomic E-state index is 2.45. The molecule has 0 heterocycles. The minimum absolute atomic E-state index is 1.01. The Bertz CT molecular complexity index is 165. The Morgan fingerprint density at radius 2 is 1.13 bits per heavy atom. The number of hydrogen-bond acceptors (Lipinski definition) is 0. The Labute approximate surface area is 95.8 Å². The van der Waals surface area contributed by atoms with Gasteiger partial charge in [-0.2, -0.15) is 0 Å². The first kappa shape index (κ1) is 11.5. The molecule has 0 nitrogen and oxygen atoms in total. The minimum Gasteiger partial charge on any atom is -0.0625 e. The zero-order valence-corrected chi connectivity index (χ0v) is 10.5. The zero-order valence-electron chi connectivity index (χ0n) is 10.5. The van der Waals surface area contributed by atoms with Crippen molar-refractivity contribution in [3.63, 3.8) is 0 Å². The topological polar surface area (TPSA) is 0 Å². The maximum atomic E-state index is 2.45. The van der Waals surface area contributed by atoms with Gasteiger partial charge in [0.25, 0.3) is 0 Å². The van der Waals surface area contributed by atoms with Crippen molar-refractivity contribution in [3.8, 4) is 0 Å². The fraction of sp³-hybridized carbons (Fsp3) is 1.00. The molecule has 0 radical (unpaired) electrons. The van der Waals surface area contributed by atoms with Gasteiger partial charge in [0.1, 0.15) is 0 Å². The van der Waals surface area contributed by atoms with Crippen molar-refractivity contribution in [1.29, 1.82) is 0 Å². The van der Waals surface area contributed by atoms with E-state index < -0.39 is 0 Å². The van der Waals surface area contributed by atoms with Crippen LogP contribution in [0.2, 0.25) is 0 Å². The first-order valence-electron chi connectivity index (χ1n) is 7.36. The highest BCUT2D eigenvalue weighted by atomic mass is 14.3. The predicted octanol–water partition coefficient (Wildman–Crippen LogP) is 5.17. The van der Waals surface area contributed by atoms with E-state index in [0.717, 1.165) is 17.8 Å². The van der Waals surface area contributed by atoms with Crippen molar-refractivity contribution in [3.05, 3.63) is 0 Å². The molecule has 0 bridgehead atoms. The Balaban J connectivity index is 1.84. The Morgan fingerprint density at radius 3 is 1.87 bits per heavy atom. The summed E-state index contributed by atoms with van der Waals surface area (Å²) in [5.74, 6) is 3.23. The average molecular weight is 208 g/mol. The van der Waals surface area contributed by atoms with Crippen LogP contribution in [0.5, 0.6) is 0 Å². The van der Waals surface area contributed by atoms with E-state index in [2.05, 4.69) is 6.92 Å². The molecule has 0 aliphatic heterocycles. The summed E-state index contributed by atoms with van der Waals surface area (Å²) < 4.78 is 0. The molecule has 0 aromatic rings. The van der Waals surface area contributed by atoms with Crippen LogP contribution in [0.25, 0.3) is 0 Å². The van der Waals surface area contributed by atoms with Crippen LogP contribution in [0.1, 0.15) is 77.6 Å². The van der Waals surface area contributed by atoms with Gasteiger partial charge in [0.05, 0.1) is 0 Å². The monoisotopic (exact) mass is 208 g/mol. The summed E-state index contributed by atoms with van der Waals surface area (Å²) in [6, 6.07) is 0. The van der Waals surface area contributed by atoms with E-state index in [4.69, 9.17) is 0 Å². The van der Waals surface area contributed by atoms with Crippen molar-refractivity contribution < 1.29 is 0 Å². The third-order valence-electron chi connectivity index (χ3n) is 4.87. The summed E-state index contributed by atoms with van der Waals surface area (Å²) in [7, 11) is 0. The molecule has 2 atom stereocenters. The van der Waals surface area contributed by atoms with Crippen LogP contribution >= 0.6 is 0 Å². The molecule has 0 saturated heterocycles. The third-order valence-corrected chi connectivity index (χ3v) is 4.87. The van der Waals surface area contributed by atoms with Crippen molar-refractivity contribution >= 4 is 0 Å². The van der Waals surface area contributed by atoms with Crippen molar-refractivity contribution in [2.24, 2.45) is 17.8 Å². The van der Waals surface area contributed by atoms with Crippen molar-refractivity contribution in [2.45, 2.75) is 77.6 Å². The summed E-state index contributed by atoms with van der Waals surface area (Å²) in [6.45, 7) is 2.45. The van der Waals surface area contributed by atoms with E-state index in [-0.39, 0.29) is 0 Å². The molecular formula is C15H28. The molecule has 2 aliphatic rings. The molecule has 0 aromatic carbocycles. The highest BCUT2D eigenvalue weighted by Crippen LogP contribution is 2.37. The smallest absolute Gasteiger partial charge is 0.0386 e. The SMILES string of the molecule is CC1CCCC(C2CCCCCC2)CC1. The molecule has 0 heteroatoms. The summed E-state index contributed by atoms with van der Waals surface area (Å²) >= 11 is 0. The van der Waals surface area contributed by atoms with Crippen LogP contribution in [-0.4, -0.2) is 0 Å². The second-order valence-electron chi connectivity index (χ2n) is 6.13. The maximum Gasteiger partial charge on any atom is -0.0386 e. The van der Waals surface area contributed by atoms with E-state index in [1.165, 1.54) is 44.9 Å². The molecule has 2 unspecified atom stereocenters. The quantitative estimate of drug-likeness (QED) is 0.521. The summed E-state index contributed by atoms with van der Waals surface area (Å²) in [5, 5.41) is 0. The molecule has 0 aromatic heterocycles. The highest BCUT2D eigenvalue weighted by Gasteiger charge is 2.24. The van der Waals surface area contributed by atoms with Gasteiger partial charge in [-0.3, -0.25) is 0 Å². The first-order chi connectivity index (χ1) is 7.36. The van der Waals surface area contributed by atoms with Gasteiger partial charge < -0.3 is 0 Å². The van der Waals surface area contributed by atoms with Gasteiger partial charge in [-0.25, -0.2) is 0 Å². The van der Waals surface area contributed by atoms with Gasteiger partial charge in [0, 0.05) is 0 Å². The largest absolute Gasteiger partial charge is 0.0625 e. The average Bonchev–Trinajstić information content (AvgIpc) is 2.59. The summed E-state index contributed by atoms with van der Waals surface area (Å²) in [6.07, 6.45) is 16.8. The van der Waals surface area contributed by atoms with Crippen LogP contribution in [0, 0.1) is 17.8 Å². The van der Waals surface area contributed by atoms with Gasteiger partial charge in [-0.15, -0.1) is 0 Å². The van der Waals surface area contributed by atoms with E-state index in [1.807, 2.05) is 0 Å². The molecule has 2 aliphatic carbocycles. The fourth-order valence-electron chi connectivity index (χ4n) is 3.77. The van der Waals surface area contributed by atoms with Crippen LogP contribution in [-0.2, 0) is 0 Å². The zero-order chi connectivity index (χ0) is 10.5. The lowest BCUT2D eigenvalue weighted by molar-refractivity contribution is 0.267. The number of hydrogen-bond donors (Lipinski definition) is 0. The van der Waals surface area contributed by atoms with Crippen LogP contribution in [0.3, 0.4) is 0 Å². The van der Waals surface area contributed by atoms with E-state index in [0.29, 0.717) is 0 Å². The second-order valence-corrected chi connectivity index (χ2v) is 6.13. The summed E-state index contributed by atoms with van der Waals surface area (Å²) in [4.78, 5) is 0. The number of rotatable bonds is 1. The summed E-state index contributed by atoms with van der Waals surface area (Å²) in [5.41, 5.74) is 0. The molecule has 2 rings (SSSR count). The Kier molecular flexibility index (Phi) is 4.53. The molecular weight excluding hydrogens is 180 g/mol. The lowest BCUT2D eigenvalue weighted by atomic mass is 9.81. The van der Waals surface area contributed by atoms with Gasteiger partial charge in [0.15, 0.2) is 0 Å². The Hall–Kier alpha value is 0. The van der Waals surface area contributed by atoms with Crippen molar-refractivity contribution in [2.75, 3.05) is 0 Å². The fourth-order valence-corrected chi connectivity index (χ4v) is 3.77. The van der Waals surface area contributed by atoms with Gasteiger partial charge in [-0.05, 0) is 24.2 Å². The molecule has 0 amide bonds. The predicted molar refractivity (Wildman–Crippen MR) is 66.9 cm³/mol. The molecule has 0 N–H and O–H groups in total. The standard InChI is InChI=1S/C15H28/c1-13-7-6-10-15(12-11-13)14-8-4-2-3-5-9-14/h13-15H,2-12H2,1H3. The van der Waals surface area contributed by atoms with E-state index in [1.54, 1.807) is 25.7 Å². The normalized spacial score (nSPS) is 35.8. The highest BCUT2D eigenvalue weighted by molar-refractivity contribution is 4.76. The lowest BCUT2D eigenvalue weighted by Crippen LogP contribution is -2.13. The van der Waals surface area contributed by atoms with Crippen molar-refractivity contribution in [1.82, 2.24) is 0 Å². The lowest BCUT2D eigenvalue weighted by Gasteiger charge is -2.24. The van der Waals surface area contributed by atoms with Gasteiger partial charge in [-0.1, -0.05) is 71.1 Å². The van der Waals surface area contributed by atoms with E-state index in [9.17, 15) is 0 Å². The van der Waals surface area contributed by atoms with Crippen LogP contribution in [0.15, 0.2) is 0 Å². The Morgan fingerprint density at radius 1 is 0.533 bits per heavy atom. The molecule has 0 spiro atoms. The molecule has 2 fully saturated rings. The van der Waals surface area contributed by atoms with Gasteiger partial charge >= 0.3 is 0 Å². The van der Waals surface area contributed by atoms with Crippen LogP contribution < -0.4 is 0 Å². The second kappa shape index (κ2) is 5.92. The van der Waals surface area contributed by atoms with Crippen LogP contribution in [0.4, 0.5) is 0 Å². The minimum atomic E-state index is 1.01. The molecule has 88 valence electrons. The molecule has 2 saturated carbocycles. The van der Waals surface area contributed by atoms with E-state index >= 15 is 0 Å². The molecule has 15 heavy (non-hydrogen) atoms.